The molecule has 0 amide bonds. The maximum Gasteiger partial charge on any atom is 0.263 e. The minimum absolute atomic E-state index is 0.00214. The summed E-state index contributed by atoms with van der Waals surface area (Å²) < 4.78 is 22.7. The highest BCUT2D eigenvalue weighted by Gasteiger charge is 2.08. The summed E-state index contributed by atoms with van der Waals surface area (Å²) in [4.78, 5) is 0. The number of ether oxygens (including phenoxy) is 2. The number of anilines is 1. The highest BCUT2D eigenvalue weighted by atomic mass is 32.1. The fraction of sp³-hybridized carbons (Fsp3) is 0.278. The van der Waals surface area contributed by atoms with Crippen LogP contribution in [0.1, 0.15) is 22.3 Å². The Kier molecular flexibility index (Phi) is 5.93. The molecule has 122 valence electrons. The van der Waals surface area contributed by atoms with Crippen molar-refractivity contribution in [2.75, 3.05) is 12.2 Å². The molecule has 2 aromatic rings. The van der Waals surface area contributed by atoms with E-state index in [1.54, 1.807) is 0 Å². The van der Waals surface area contributed by atoms with Crippen molar-refractivity contribution in [3.8, 4) is 5.75 Å². The van der Waals surface area contributed by atoms with E-state index in [2.05, 4.69) is 30.0 Å². The van der Waals surface area contributed by atoms with Gasteiger partial charge in [0, 0.05) is 11.3 Å². The van der Waals surface area contributed by atoms with Gasteiger partial charge in [-0.25, -0.2) is 4.39 Å². The second-order valence-electron chi connectivity index (χ2n) is 5.31. The van der Waals surface area contributed by atoms with E-state index in [1.807, 2.05) is 37.3 Å². The van der Waals surface area contributed by atoms with Crippen LogP contribution in [-0.4, -0.2) is 12.0 Å². The van der Waals surface area contributed by atoms with Gasteiger partial charge in [0.1, 0.15) is 12.4 Å². The standard InChI is InChI=1S/C18H20FNO2S/c1-12-8-14(3)17(9-13(12)2)21-10-15-6-4-5-7-16(15)20-18(23)22-11-19/h4-9H,10-11H2,1-3H3,(H,20,23). The Morgan fingerprint density at radius 3 is 2.52 bits per heavy atom. The van der Waals surface area contributed by atoms with Gasteiger partial charge in [0.15, 0.2) is 0 Å². The van der Waals surface area contributed by atoms with Gasteiger partial charge >= 0.3 is 0 Å². The molecule has 0 aliphatic rings. The van der Waals surface area contributed by atoms with Crippen molar-refractivity contribution < 1.29 is 13.9 Å². The van der Waals surface area contributed by atoms with Crippen LogP contribution in [0.2, 0.25) is 0 Å². The van der Waals surface area contributed by atoms with E-state index in [0.29, 0.717) is 6.61 Å². The Hall–Kier alpha value is -2.14. The molecule has 0 aliphatic heterocycles. The van der Waals surface area contributed by atoms with Crippen LogP contribution in [0.15, 0.2) is 36.4 Å². The lowest BCUT2D eigenvalue weighted by Gasteiger charge is -2.15. The number of nitrogens with one attached hydrogen (secondary N) is 1. The molecule has 0 aromatic heterocycles. The zero-order valence-corrected chi connectivity index (χ0v) is 14.3. The van der Waals surface area contributed by atoms with Crippen LogP contribution in [0.5, 0.6) is 5.75 Å². The topological polar surface area (TPSA) is 30.5 Å². The minimum atomic E-state index is -0.952. The van der Waals surface area contributed by atoms with Gasteiger partial charge < -0.3 is 14.8 Å². The van der Waals surface area contributed by atoms with Crippen LogP contribution in [0.3, 0.4) is 0 Å². The lowest BCUT2D eigenvalue weighted by atomic mass is 10.1. The molecule has 0 unspecified atom stereocenters. The van der Waals surface area contributed by atoms with Gasteiger partial charge in [-0.05, 0) is 61.8 Å². The van der Waals surface area contributed by atoms with E-state index >= 15 is 0 Å². The molecule has 2 aromatic carbocycles. The van der Waals surface area contributed by atoms with Crippen molar-refractivity contribution in [3.63, 3.8) is 0 Å². The first-order valence-electron chi connectivity index (χ1n) is 7.29. The second-order valence-corrected chi connectivity index (χ2v) is 5.68. The quantitative estimate of drug-likeness (QED) is 0.794. The number of alkyl halides is 1. The lowest BCUT2D eigenvalue weighted by molar-refractivity contribution is 0.184. The summed E-state index contributed by atoms with van der Waals surface area (Å²) in [6.07, 6.45) is 0. The Morgan fingerprint density at radius 2 is 1.78 bits per heavy atom. The summed E-state index contributed by atoms with van der Waals surface area (Å²) in [6, 6.07) is 11.7. The molecule has 23 heavy (non-hydrogen) atoms. The fourth-order valence-electron chi connectivity index (χ4n) is 2.21. The minimum Gasteiger partial charge on any atom is -0.489 e. The highest BCUT2D eigenvalue weighted by Crippen LogP contribution is 2.25. The number of benzene rings is 2. The number of halogens is 1. The van der Waals surface area contributed by atoms with Crippen LogP contribution >= 0.6 is 12.2 Å². The van der Waals surface area contributed by atoms with Gasteiger partial charge in [0.2, 0.25) is 6.86 Å². The highest BCUT2D eigenvalue weighted by molar-refractivity contribution is 7.80. The molecule has 0 radical (unpaired) electrons. The molecule has 0 bridgehead atoms. The number of rotatable bonds is 5. The summed E-state index contributed by atoms with van der Waals surface area (Å²) in [6.45, 7) is 5.59. The average Bonchev–Trinajstić information content (AvgIpc) is 2.51. The van der Waals surface area contributed by atoms with Crippen molar-refractivity contribution in [2.24, 2.45) is 0 Å². The third-order valence-corrected chi connectivity index (χ3v) is 3.83. The van der Waals surface area contributed by atoms with E-state index in [-0.39, 0.29) is 5.17 Å². The molecule has 0 atom stereocenters. The van der Waals surface area contributed by atoms with E-state index in [9.17, 15) is 4.39 Å². The predicted molar refractivity (Wildman–Crippen MR) is 94.7 cm³/mol. The van der Waals surface area contributed by atoms with Gasteiger partial charge in [0.05, 0.1) is 0 Å². The Morgan fingerprint density at radius 1 is 1.09 bits per heavy atom. The summed E-state index contributed by atoms with van der Waals surface area (Å²) in [5, 5.41) is 2.87. The van der Waals surface area contributed by atoms with E-state index in [0.717, 1.165) is 22.6 Å². The molecular weight excluding hydrogens is 313 g/mol. The van der Waals surface area contributed by atoms with Crippen LogP contribution in [-0.2, 0) is 11.3 Å². The zero-order valence-electron chi connectivity index (χ0n) is 13.5. The smallest absolute Gasteiger partial charge is 0.263 e. The monoisotopic (exact) mass is 333 g/mol. The van der Waals surface area contributed by atoms with Crippen molar-refractivity contribution in [1.29, 1.82) is 0 Å². The van der Waals surface area contributed by atoms with Crippen LogP contribution in [0.25, 0.3) is 0 Å². The SMILES string of the molecule is Cc1cc(C)c(OCc2ccccc2NC(=S)OCF)cc1C. The Labute approximate surface area is 141 Å². The zero-order chi connectivity index (χ0) is 16.8. The first-order chi connectivity index (χ1) is 11.0. The van der Waals surface area contributed by atoms with Crippen LogP contribution < -0.4 is 10.1 Å². The van der Waals surface area contributed by atoms with Gasteiger partial charge in [0.25, 0.3) is 5.17 Å². The van der Waals surface area contributed by atoms with Crippen LogP contribution in [0, 0.1) is 20.8 Å². The Bertz CT molecular complexity index is 703. The third-order valence-electron chi connectivity index (χ3n) is 3.61. The third kappa shape index (κ3) is 4.66. The molecule has 0 saturated carbocycles. The molecule has 0 aliphatic carbocycles. The van der Waals surface area contributed by atoms with Crippen LogP contribution in [0.4, 0.5) is 10.1 Å². The summed E-state index contributed by atoms with van der Waals surface area (Å²) in [5.41, 5.74) is 5.18. The molecule has 0 fully saturated rings. The van der Waals surface area contributed by atoms with Gasteiger partial charge in [-0.2, -0.15) is 0 Å². The molecule has 0 saturated heterocycles. The number of hydrogen-bond donors (Lipinski definition) is 1. The summed E-state index contributed by atoms with van der Waals surface area (Å²) in [7, 11) is 0. The van der Waals surface area contributed by atoms with Crippen molar-refractivity contribution in [3.05, 3.63) is 58.7 Å². The number of aryl methyl sites for hydroxylation is 3. The molecule has 5 heteroatoms. The first kappa shape index (κ1) is 17.2. The van der Waals surface area contributed by atoms with E-state index in [4.69, 9.17) is 17.0 Å². The van der Waals surface area contributed by atoms with Crippen molar-refractivity contribution in [1.82, 2.24) is 0 Å². The number of thiocarbonyl (C=S) groups is 1. The average molecular weight is 333 g/mol. The van der Waals surface area contributed by atoms with Crippen molar-refractivity contribution in [2.45, 2.75) is 27.4 Å². The van der Waals surface area contributed by atoms with E-state index < -0.39 is 6.86 Å². The summed E-state index contributed by atoms with van der Waals surface area (Å²) >= 11 is 4.91. The second kappa shape index (κ2) is 7.92. The van der Waals surface area contributed by atoms with Gasteiger partial charge in [-0.15, -0.1) is 0 Å². The molecule has 0 heterocycles. The summed E-state index contributed by atoms with van der Waals surface area (Å²) in [5.74, 6) is 0.852. The fourth-order valence-corrected chi connectivity index (χ4v) is 2.36. The Balaban J connectivity index is 2.12. The largest absolute Gasteiger partial charge is 0.489 e. The van der Waals surface area contributed by atoms with E-state index in [1.165, 1.54) is 11.1 Å². The number of para-hydroxylation sites is 1. The molecule has 3 nitrogen and oxygen atoms in total. The maximum absolute atomic E-state index is 12.2. The predicted octanol–water partition coefficient (Wildman–Crippen LogP) is 4.83. The molecule has 2 rings (SSSR count). The van der Waals surface area contributed by atoms with Gasteiger partial charge in [-0.3, -0.25) is 0 Å². The molecular formula is C18H20FNO2S. The first-order valence-corrected chi connectivity index (χ1v) is 7.70. The normalized spacial score (nSPS) is 10.3. The molecule has 1 N–H and O–H groups in total. The van der Waals surface area contributed by atoms with Crippen molar-refractivity contribution >= 4 is 23.1 Å². The number of hydrogen-bond acceptors (Lipinski definition) is 3. The molecule has 0 spiro atoms. The lowest BCUT2D eigenvalue weighted by Crippen LogP contribution is -2.14. The maximum atomic E-state index is 12.2. The van der Waals surface area contributed by atoms with Gasteiger partial charge in [-0.1, -0.05) is 24.3 Å².